The summed E-state index contributed by atoms with van der Waals surface area (Å²) in [5, 5.41) is 8.94. The molecule has 0 amide bonds. The molecule has 0 spiro atoms. The highest BCUT2D eigenvalue weighted by Crippen LogP contribution is 2.28. The number of aromatic nitrogens is 3. The number of aldehydes is 1. The molecule has 3 rings (SSSR count). The van der Waals surface area contributed by atoms with Crippen molar-refractivity contribution in [1.29, 1.82) is 0 Å². The van der Waals surface area contributed by atoms with Gasteiger partial charge in [0.15, 0.2) is 12.0 Å². The van der Waals surface area contributed by atoms with Crippen LogP contribution in [0.1, 0.15) is 21.0 Å². The standard InChI is InChI=1S/C13H9N3O3/c1-19-13(18)12-11-10(9(6-17)15-16-12)7-4-2-3-5-8(7)14-11/h2-6,14H,1H3. The van der Waals surface area contributed by atoms with Crippen molar-refractivity contribution in [2.24, 2.45) is 0 Å². The third-order valence-corrected chi connectivity index (χ3v) is 2.95. The van der Waals surface area contributed by atoms with Gasteiger partial charge in [-0.15, -0.1) is 10.2 Å². The third kappa shape index (κ3) is 1.57. The Labute approximate surface area is 107 Å². The van der Waals surface area contributed by atoms with Gasteiger partial charge in [0.25, 0.3) is 0 Å². The van der Waals surface area contributed by atoms with E-state index in [2.05, 4.69) is 19.9 Å². The first-order chi connectivity index (χ1) is 9.26. The number of hydrogen-bond donors (Lipinski definition) is 1. The summed E-state index contributed by atoms with van der Waals surface area (Å²) in [4.78, 5) is 25.8. The van der Waals surface area contributed by atoms with Gasteiger partial charge in [0.05, 0.1) is 12.6 Å². The van der Waals surface area contributed by atoms with E-state index in [1.165, 1.54) is 7.11 Å². The van der Waals surface area contributed by atoms with Crippen molar-refractivity contribution in [2.45, 2.75) is 0 Å². The molecule has 0 radical (unpaired) electrons. The summed E-state index contributed by atoms with van der Waals surface area (Å²) < 4.78 is 4.66. The van der Waals surface area contributed by atoms with E-state index in [1.54, 1.807) is 0 Å². The summed E-state index contributed by atoms with van der Waals surface area (Å²) in [5.41, 5.74) is 1.53. The average Bonchev–Trinajstić information content (AvgIpc) is 2.85. The van der Waals surface area contributed by atoms with E-state index >= 15 is 0 Å². The zero-order valence-electron chi connectivity index (χ0n) is 10.0. The molecule has 6 nitrogen and oxygen atoms in total. The lowest BCUT2D eigenvalue weighted by Crippen LogP contribution is -2.08. The third-order valence-electron chi connectivity index (χ3n) is 2.95. The minimum atomic E-state index is -0.596. The summed E-state index contributed by atoms with van der Waals surface area (Å²) >= 11 is 0. The normalized spacial score (nSPS) is 10.8. The Morgan fingerprint density at radius 2 is 2.11 bits per heavy atom. The van der Waals surface area contributed by atoms with Crippen molar-refractivity contribution >= 4 is 34.1 Å². The van der Waals surface area contributed by atoms with E-state index in [0.29, 0.717) is 17.2 Å². The molecule has 0 saturated heterocycles. The largest absolute Gasteiger partial charge is 0.464 e. The molecular formula is C13H9N3O3. The Morgan fingerprint density at radius 1 is 1.32 bits per heavy atom. The van der Waals surface area contributed by atoms with Crippen LogP contribution < -0.4 is 0 Å². The van der Waals surface area contributed by atoms with Gasteiger partial charge in [-0.2, -0.15) is 0 Å². The van der Waals surface area contributed by atoms with Crippen molar-refractivity contribution in [3.8, 4) is 0 Å². The SMILES string of the molecule is COC(=O)c1nnc(C=O)c2c1[nH]c1ccccc12. The van der Waals surface area contributed by atoms with E-state index in [0.717, 1.165) is 10.9 Å². The summed E-state index contributed by atoms with van der Waals surface area (Å²) in [7, 11) is 1.27. The van der Waals surface area contributed by atoms with Gasteiger partial charge in [-0.25, -0.2) is 4.79 Å². The van der Waals surface area contributed by atoms with Crippen LogP contribution >= 0.6 is 0 Å². The first-order valence-corrected chi connectivity index (χ1v) is 5.57. The molecule has 1 N–H and O–H groups in total. The predicted octanol–water partition coefficient (Wildman–Crippen LogP) is 1.71. The van der Waals surface area contributed by atoms with Gasteiger partial charge in [0.2, 0.25) is 0 Å². The molecule has 0 bridgehead atoms. The first-order valence-electron chi connectivity index (χ1n) is 5.57. The molecule has 3 aromatic rings. The quantitative estimate of drug-likeness (QED) is 0.556. The molecule has 94 valence electrons. The van der Waals surface area contributed by atoms with Crippen LogP contribution in [0.5, 0.6) is 0 Å². The summed E-state index contributed by atoms with van der Waals surface area (Å²) in [6, 6.07) is 7.41. The zero-order valence-corrected chi connectivity index (χ0v) is 10.0. The Morgan fingerprint density at radius 3 is 2.84 bits per heavy atom. The number of aromatic amines is 1. The van der Waals surface area contributed by atoms with E-state index in [1.807, 2.05) is 24.3 Å². The van der Waals surface area contributed by atoms with Gasteiger partial charge in [0, 0.05) is 16.3 Å². The number of ether oxygens (including phenoxy) is 1. The lowest BCUT2D eigenvalue weighted by molar-refractivity contribution is 0.0594. The second-order valence-electron chi connectivity index (χ2n) is 3.96. The fraction of sp³-hybridized carbons (Fsp3) is 0.0769. The molecule has 0 aliphatic heterocycles. The van der Waals surface area contributed by atoms with Gasteiger partial charge < -0.3 is 9.72 Å². The lowest BCUT2D eigenvalue weighted by atomic mass is 10.1. The molecule has 0 fully saturated rings. The topological polar surface area (TPSA) is 84.9 Å². The average molecular weight is 255 g/mol. The zero-order chi connectivity index (χ0) is 13.4. The molecule has 0 saturated carbocycles. The second kappa shape index (κ2) is 4.16. The fourth-order valence-electron chi connectivity index (χ4n) is 2.11. The van der Waals surface area contributed by atoms with Crippen LogP contribution in [0.3, 0.4) is 0 Å². The molecule has 0 aliphatic rings. The van der Waals surface area contributed by atoms with Crippen molar-refractivity contribution in [3.63, 3.8) is 0 Å². The Hall–Kier alpha value is -2.76. The number of rotatable bonds is 2. The molecule has 0 atom stereocenters. The van der Waals surface area contributed by atoms with E-state index in [9.17, 15) is 9.59 Å². The van der Waals surface area contributed by atoms with Crippen molar-refractivity contribution in [2.75, 3.05) is 7.11 Å². The summed E-state index contributed by atoms with van der Waals surface area (Å²) in [6.07, 6.45) is 0.622. The number of esters is 1. The fourth-order valence-corrected chi connectivity index (χ4v) is 2.11. The van der Waals surface area contributed by atoms with Crippen LogP contribution in [0.25, 0.3) is 21.8 Å². The molecule has 0 unspecified atom stereocenters. The molecule has 1 aromatic carbocycles. The van der Waals surface area contributed by atoms with Gasteiger partial charge >= 0.3 is 5.97 Å². The van der Waals surface area contributed by atoms with Crippen LogP contribution in [0.4, 0.5) is 0 Å². The van der Waals surface area contributed by atoms with Crippen LogP contribution in [-0.4, -0.2) is 34.5 Å². The number of hydrogen-bond acceptors (Lipinski definition) is 5. The predicted molar refractivity (Wildman–Crippen MR) is 68.1 cm³/mol. The number of carbonyl (C=O) groups excluding carboxylic acids is 2. The first kappa shape index (κ1) is 11.3. The van der Waals surface area contributed by atoms with Crippen LogP contribution in [0.2, 0.25) is 0 Å². The van der Waals surface area contributed by atoms with Crippen molar-refractivity contribution < 1.29 is 14.3 Å². The number of methoxy groups -OCH3 is 1. The molecule has 2 aromatic heterocycles. The Bertz CT molecular complexity index is 807. The number of carbonyl (C=O) groups is 2. The maximum Gasteiger partial charge on any atom is 0.360 e. The van der Waals surface area contributed by atoms with Crippen LogP contribution in [0.15, 0.2) is 24.3 Å². The van der Waals surface area contributed by atoms with Crippen molar-refractivity contribution in [3.05, 3.63) is 35.7 Å². The smallest absolute Gasteiger partial charge is 0.360 e. The monoisotopic (exact) mass is 255 g/mol. The number of benzene rings is 1. The maximum absolute atomic E-state index is 11.7. The minimum absolute atomic E-state index is 0.0688. The highest BCUT2D eigenvalue weighted by Gasteiger charge is 2.19. The number of nitrogens with one attached hydrogen (secondary N) is 1. The summed E-state index contributed by atoms with van der Waals surface area (Å²) in [5.74, 6) is -0.596. The maximum atomic E-state index is 11.7. The lowest BCUT2D eigenvalue weighted by Gasteiger charge is -2.00. The molecule has 6 heteroatoms. The highest BCUT2D eigenvalue weighted by atomic mass is 16.5. The van der Waals surface area contributed by atoms with Gasteiger partial charge in [-0.1, -0.05) is 18.2 Å². The van der Waals surface area contributed by atoms with Gasteiger partial charge in [-0.05, 0) is 6.07 Å². The van der Waals surface area contributed by atoms with E-state index < -0.39 is 5.97 Å². The molecule has 0 aliphatic carbocycles. The van der Waals surface area contributed by atoms with E-state index in [-0.39, 0.29) is 11.4 Å². The molecule has 2 heterocycles. The number of para-hydroxylation sites is 1. The highest BCUT2D eigenvalue weighted by molar-refractivity contribution is 6.17. The molecular weight excluding hydrogens is 246 g/mol. The Balaban J connectivity index is 2.51. The second-order valence-corrected chi connectivity index (χ2v) is 3.96. The van der Waals surface area contributed by atoms with Crippen LogP contribution in [-0.2, 0) is 4.74 Å². The van der Waals surface area contributed by atoms with Crippen LogP contribution in [0, 0.1) is 0 Å². The van der Waals surface area contributed by atoms with Gasteiger partial charge in [0.1, 0.15) is 5.69 Å². The van der Waals surface area contributed by atoms with Crippen molar-refractivity contribution in [1.82, 2.24) is 15.2 Å². The number of H-pyrrole nitrogens is 1. The number of fused-ring (bicyclic) bond motifs is 3. The molecule has 19 heavy (non-hydrogen) atoms. The van der Waals surface area contributed by atoms with E-state index in [4.69, 9.17) is 0 Å². The summed E-state index contributed by atoms with van der Waals surface area (Å²) in [6.45, 7) is 0. The minimum Gasteiger partial charge on any atom is -0.464 e. The number of nitrogens with zero attached hydrogens (tertiary/aromatic N) is 2. The Kier molecular flexibility index (Phi) is 2.49. The van der Waals surface area contributed by atoms with Gasteiger partial charge in [-0.3, -0.25) is 4.79 Å².